The van der Waals surface area contributed by atoms with Crippen molar-refractivity contribution in [3.63, 3.8) is 0 Å². The largest absolute Gasteiger partial charge is 0.353 e. The molecule has 0 heterocycles. The molecule has 1 unspecified atom stereocenters. The highest BCUT2D eigenvalue weighted by molar-refractivity contribution is 5.84. The van der Waals surface area contributed by atoms with Gasteiger partial charge in [-0.15, -0.1) is 0 Å². The topological polar surface area (TPSA) is 55.1 Å². The summed E-state index contributed by atoms with van der Waals surface area (Å²) in [6, 6.07) is 0.283. The zero-order valence-electron chi connectivity index (χ0n) is 11.6. The number of carbonyl (C=O) groups is 1. The van der Waals surface area contributed by atoms with Crippen LogP contribution in [0.1, 0.15) is 59.3 Å². The van der Waals surface area contributed by atoms with Crippen LogP contribution >= 0.6 is 0 Å². The predicted octanol–water partition coefficient (Wildman–Crippen LogP) is 2.45. The zero-order chi connectivity index (χ0) is 12.9. The fourth-order valence-corrected chi connectivity index (χ4v) is 2.41. The van der Waals surface area contributed by atoms with E-state index in [0.717, 1.165) is 31.6 Å². The Hall–Kier alpha value is -0.570. The minimum Gasteiger partial charge on any atom is -0.353 e. The van der Waals surface area contributed by atoms with Crippen molar-refractivity contribution in [2.75, 3.05) is 6.54 Å². The molecule has 0 aromatic heterocycles. The number of hydrogen-bond donors (Lipinski definition) is 2. The molecule has 1 rings (SSSR count). The van der Waals surface area contributed by atoms with Gasteiger partial charge in [0.2, 0.25) is 5.91 Å². The van der Waals surface area contributed by atoms with E-state index in [0.29, 0.717) is 6.54 Å². The van der Waals surface area contributed by atoms with E-state index in [2.05, 4.69) is 26.1 Å². The van der Waals surface area contributed by atoms with Crippen LogP contribution in [-0.4, -0.2) is 18.5 Å². The fourth-order valence-electron chi connectivity index (χ4n) is 2.41. The minimum atomic E-state index is -0.230. The normalized spacial score (nSPS) is 19.8. The monoisotopic (exact) mass is 240 g/mol. The molecule has 0 spiro atoms. The van der Waals surface area contributed by atoms with E-state index in [1.807, 2.05) is 0 Å². The summed E-state index contributed by atoms with van der Waals surface area (Å²) >= 11 is 0. The Morgan fingerprint density at radius 3 is 2.35 bits per heavy atom. The third kappa shape index (κ3) is 3.98. The van der Waals surface area contributed by atoms with Gasteiger partial charge in [-0.3, -0.25) is 4.79 Å². The van der Waals surface area contributed by atoms with E-state index in [1.54, 1.807) is 0 Å². The average Bonchev–Trinajstić information content (AvgIpc) is 2.15. The summed E-state index contributed by atoms with van der Waals surface area (Å²) in [6.07, 6.45) is 6.58. The Labute approximate surface area is 106 Å². The molecule has 1 saturated carbocycles. The van der Waals surface area contributed by atoms with Crippen LogP contribution < -0.4 is 11.1 Å². The van der Waals surface area contributed by atoms with Crippen molar-refractivity contribution in [3.8, 4) is 0 Å². The van der Waals surface area contributed by atoms with Crippen molar-refractivity contribution in [3.05, 3.63) is 0 Å². The van der Waals surface area contributed by atoms with Crippen LogP contribution in [0.4, 0.5) is 0 Å². The van der Waals surface area contributed by atoms with Crippen LogP contribution in [0.3, 0.4) is 0 Å². The van der Waals surface area contributed by atoms with Gasteiger partial charge < -0.3 is 11.1 Å². The van der Waals surface area contributed by atoms with Gasteiger partial charge in [-0.2, -0.15) is 0 Å². The number of nitrogens with two attached hydrogens (primary N) is 1. The number of rotatable bonds is 7. The molecule has 1 aliphatic rings. The van der Waals surface area contributed by atoms with Gasteiger partial charge in [-0.25, -0.2) is 0 Å². The first-order valence-electron chi connectivity index (χ1n) is 7.01. The smallest absolute Gasteiger partial charge is 0.227 e. The second-order valence-corrected chi connectivity index (χ2v) is 6.04. The fraction of sp³-hybridized carbons (Fsp3) is 0.929. The van der Waals surface area contributed by atoms with Crippen molar-refractivity contribution in [2.45, 2.75) is 65.3 Å². The van der Waals surface area contributed by atoms with Crippen molar-refractivity contribution >= 4 is 5.91 Å². The van der Waals surface area contributed by atoms with E-state index in [-0.39, 0.29) is 17.4 Å². The van der Waals surface area contributed by atoms with Crippen LogP contribution in [-0.2, 0) is 4.79 Å². The summed E-state index contributed by atoms with van der Waals surface area (Å²) in [5.74, 6) is 0.934. The molecule has 0 aliphatic heterocycles. The van der Waals surface area contributed by atoms with Gasteiger partial charge in [-0.05, 0) is 32.1 Å². The van der Waals surface area contributed by atoms with Gasteiger partial charge in [0.05, 0.1) is 5.41 Å². The molecule has 100 valence electrons. The summed E-state index contributed by atoms with van der Waals surface area (Å²) in [7, 11) is 0. The summed E-state index contributed by atoms with van der Waals surface area (Å²) in [5, 5.41) is 3.13. The van der Waals surface area contributed by atoms with E-state index in [9.17, 15) is 4.79 Å². The van der Waals surface area contributed by atoms with E-state index in [4.69, 9.17) is 5.73 Å². The molecule has 0 bridgehead atoms. The quantitative estimate of drug-likeness (QED) is 0.718. The van der Waals surface area contributed by atoms with Crippen LogP contribution in [0.5, 0.6) is 0 Å². The first-order chi connectivity index (χ1) is 8.00. The van der Waals surface area contributed by atoms with Crippen LogP contribution in [0.25, 0.3) is 0 Å². The minimum absolute atomic E-state index is 0.184. The van der Waals surface area contributed by atoms with Crippen molar-refractivity contribution in [2.24, 2.45) is 17.1 Å². The SMILES string of the molecule is CC(C)CCCC(C)NC(=O)C1(CN)CCC1. The molecule has 1 fully saturated rings. The maximum atomic E-state index is 12.1. The van der Waals surface area contributed by atoms with E-state index >= 15 is 0 Å². The van der Waals surface area contributed by atoms with Gasteiger partial charge in [0, 0.05) is 12.6 Å². The van der Waals surface area contributed by atoms with Gasteiger partial charge >= 0.3 is 0 Å². The molecule has 3 N–H and O–H groups in total. The van der Waals surface area contributed by atoms with E-state index in [1.165, 1.54) is 12.8 Å². The highest BCUT2D eigenvalue weighted by atomic mass is 16.2. The molecule has 17 heavy (non-hydrogen) atoms. The molecule has 1 amide bonds. The van der Waals surface area contributed by atoms with Gasteiger partial charge in [0.25, 0.3) is 0 Å². The molecule has 0 aromatic carbocycles. The molecule has 1 atom stereocenters. The third-order valence-electron chi connectivity index (χ3n) is 3.98. The number of amides is 1. The third-order valence-corrected chi connectivity index (χ3v) is 3.98. The molecule has 3 heteroatoms. The maximum absolute atomic E-state index is 12.1. The number of carbonyl (C=O) groups excluding carboxylic acids is 1. The van der Waals surface area contributed by atoms with E-state index < -0.39 is 0 Å². The molecule has 3 nitrogen and oxygen atoms in total. The first kappa shape index (κ1) is 14.5. The second-order valence-electron chi connectivity index (χ2n) is 6.04. The van der Waals surface area contributed by atoms with Crippen LogP contribution in [0.2, 0.25) is 0 Å². The molecular weight excluding hydrogens is 212 g/mol. The summed E-state index contributed by atoms with van der Waals surface area (Å²) in [5.41, 5.74) is 5.49. The summed E-state index contributed by atoms with van der Waals surface area (Å²) < 4.78 is 0. The second kappa shape index (κ2) is 6.39. The molecule has 0 aromatic rings. The van der Waals surface area contributed by atoms with Gasteiger partial charge in [0.1, 0.15) is 0 Å². The molecule has 0 radical (unpaired) electrons. The first-order valence-corrected chi connectivity index (χ1v) is 7.01. The Morgan fingerprint density at radius 2 is 1.94 bits per heavy atom. The van der Waals surface area contributed by atoms with Crippen molar-refractivity contribution < 1.29 is 4.79 Å². The highest BCUT2D eigenvalue weighted by Gasteiger charge is 2.42. The van der Waals surface area contributed by atoms with Gasteiger partial charge in [-0.1, -0.05) is 33.1 Å². The molecular formula is C14H28N2O. The zero-order valence-corrected chi connectivity index (χ0v) is 11.6. The van der Waals surface area contributed by atoms with Crippen LogP contribution in [0, 0.1) is 11.3 Å². The summed E-state index contributed by atoms with van der Waals surface area (Å²) in [4.78, 5) is 12.1. The van der Waals surface area contributed by atoms with Gasteiger partial charge in [0.15, 0.2) is 0 Å². The lowest BCUT2D eigenvalue weighted by Gasteiger charge is -2.39. The number of hydrogen-bond acceptors (Lipinski definition) is 2. The average molecular weight is 240 g/mol. The molecule has 0 saturated heterocycles. The van der Waals surface area contributed by atoms with Crippen molar-refractivity contribution in [1.82, 2.24) is 5.32 Å². The Balaban J connectivity index is 2.25. The number of nitrogens with one attached hydrogen (secondary N) is 1. The Morgan fingerprint density at radius 1 is 1.29 bits per heavy atom. The van der Waals surface area contributed by atoms with Crippen molar-refractivity contribution in [1.29, 1.82) is 0 Å². The van der Waals surface area contributed by atoms with Crippen LogP contribution in [0.15, 0.2) is 0 Å². The molecule has 1 aliphatic carbocycles. The summed E-state index contributed by atoms with van der Waals surface area (Å²) in [6.45, 7) is 7.07. The Bertz CT molecular complexity index is 241. The predicted molar refractivity (Wildman–Crippen MR) is 71.6 cm³/mol. The lowest BCUT2D eigenvalue weighted by atomic mass is 9.68. The standard InChI is InChI=1S/C14H28N2O/c1-11(2)6-4-7-12(3)16-13(17)14(10-15)8-5-9-14/h11-12H,4-10,15H2,1-3H3,(H,16,17). The Kier molecular flexibility index (Phi) is 5.44. The maximum Gasteiger partial charge on any atom is 0.227 e. The highest BCUT2D eigenvalue weighted by Crippen LogP contribution is 2.40. The lowest BCUT2D eigenvalue weighted by Crippen LogP contribution is -2.52. The lowest BCUT2D eigenvalue weighted by molar-refractivity contribution is -0.135.